The minimum absolute atomic E-state index is 0.0180. The fourth-order valence-electron chi connectivity index (χ4n) is 5.17. The summed E-state index contributed by atoms with van der Waals surface area (Å²) in [5.41, 5.74) is 4.50. The van der Waals surface area contributed by atoms with Gasteiger partial charge in [0.1, 0.15) is 12.6 Å². The minimum atomic E-state index is -0.885. The number of amides is 2. The van der Waals surface area contributed by atoms with Crippen LogP contribution in [0.1, 0.15) is 56.1 Å². The van der Waals surface area contributed by atoms with E-state index in [1.54, 1.807) is 6.92 Å². The van der Waals surface area contributed by atoms with Crippen LogP contribution in [0.3, 0.4) is 0 Å². The largest absolute Gasteiger partial charge is 0.481 e. The van der Waals surface area contributed by atoms with Gasteiger partial charge in [-0.3, -0.25) is 9.59 Å². The van der Waals surface area contributed by atoms with Crippen molar-refractivity contribution in [3.8, 4) is 23.0 Å². The average Bonchev–Trinajstić information content (AvgIpc) is 3.41. The Morgan fingerprint density at radius 2 is 1.71 bits per heavy atom. The maximum atomic E-state index is 13.0. The van der Waals surface area contributed by atoms with Crippen molar-refractivity contribution in [2.75, 3.05) is 6.61 Å². The van der Waals surface area contributed by atoms with E-state index in [0.717, 1.165) is 41.5 Å². The predicted octanol–water partition coefficient (Wildman–Crippen LogP) is 4.07. The van der Waals surface area contributed by atoms with E-state index in [0.29, 0.717) is 0 Å². The molecule has 2 aliphatic carbocycles. The van der Waals surface area contributed by atoms with Gasteiger partial charge in [0.05, 0.1) is 6.42 Å². The molecule has 7 nitrogen and oxygen atoms in total. The molecule has 3 atom stereocenters. The molecule has 2 amide bonds. The van der Waals surface area contributed by atoms with Crippen molar-refractivity contribution in [2.24, 2.45) is 5.92 Å². The van der Waals surface area contributed by atoms with Crippen molar-refractivity contribution in [3.05, 3.63) is 59.7 Å². The number of benzene rings is 2. The van der Waals surface area contributed by atoms with Crippen molar-refractivity contribution < 1.29 is 24.2 Å². The van der Waals surface area contributed by atoms with Crippen LogP contribution < -0.4 is 10.6 Å². The average molecular weight is 475 g/mol. The third-order valence-corrected chi connectivity index (χ3v) is 6.86. The third-order valence-electron chi connectivity index (χ3n) is 6.86. The van der Waals surface area contributed by atoms with E-state index in [9.17, 15) is 14.4 Å². The molecule has 35 heavy (non-hydrogen) atoms. The van der Waals surface area contributed by atoms with E-state index in [-0.39, 0.29) is 43.2 Å². The van der Waals surface area contributed by atoms with Crippen molar-refractivity contribution in [1.82, 2.24) is 10.6 Å². The van der Waals surface area contributed by atoms with E-state index < -0.39 is 18.1 Å². The summed E-state index contributed by atoms with van der Waals surface area (Å²) >= 11 is 0. The molecule has 0 spiro atoms. The first-order valence-electron chi connectivity index (χ1n) is 12.0. The van der Waals surface area contributed by atoms with E-state index in [1.807, 2.05) is 36.4 Å². The maximum Gasteiger partial charge on any atom is 0.407 e. The fraction of sp³-hybridized carbons (Fsp3) is 0.393. The molecule has 7 heteroatoms. The van der Waals surface area contributed by atoms with Crippen LogP contribution in [0, 0.1) is 17.8 Å². The lowest BCUT2D eigenvalue weighted by Crippen LogP contribution is -2.50. The molecule has 0 radical (unpaired) electrons. The number of carboxylic acid groups (broad SMARTS) is 1. The Balaban J connectivity index is 1.39. The third kappa shape index (κ3) is 5.65. The maximum absolute atomic E-state index is 13.0. The molecule has 3 N–H and O–H groups in total. The summed E-state index contributed by atoms with van der Waals surface area (Å²) in [5.74, 6) is 4.17. The minimum Gasteiger partial charge on any atom is -0.481 e. The van der Waals surface area contributed by atoms with Crippen molar-refractivity contribution in [3.63, 3.8) is 0 Å². The van der Waals surface area contributed by atoms with Crippen LogP contribution in [0.4, 0.5) is 4.79 Å². The molecule has 1 saturated carbocycles. The summed E-state index contributed by atoms with van der Waals surface area (Å²) in [4.78, 5) is 36.8. The van der Waals surface area contributed by atoms with Crippen LogP contribution in [0.15, 0.2) is 48.5 Å². The van der Waals surface area contributed by atoms with Gasteiger partial charge in [0.2, 0.25) is 5.91 Å². The number of hydrogen-bond acceptors (Lipinski definition) is 4. The van der Waals surface area contributed by atoms with Crippen LogP contribution in [-0.4, -0.2) is 41.8 Å². The summed E-state index contributed by atoms with van der Waals surface area (Å²) in [6, 6.07) is 15.1. The van der Waals surface area contributed by atoms with Gasteiger partial charge in [-0.15, -0.1) is 11.8 Å². The smallest absolute Gasteiger partial charge is 0.407 e. The fourth-order valence-corrected chi connectivity index (χ4v) is 5.17. The second kappa shape index (κ2) is 11.1. The number of ether oxygens (including phenoxy) is 1. The Hall–Kier alpha value is -3.79. The van der Waals surface area contributed by atoms with Crippen LogP contribution in [-0.2, 0) is 14.3 Å². The highest BCUT2D eigenvalue weighted by Crippen LogP contribution is 2.44. The molecule has 4 rings (SSSR count). The molecule has 0 bridgehead atoms. The number of alkyl carbamates (subject to hydrolysis) is 1. The zero-order valence-electron chi connectivity index (χ0n) is 19.8. The second-order valence-electron chi connectivity index (χ2n) is 9.06. The summed E-state index contributed by atoms with van der Waals surface area (Å²) in [6.07, 6.45) is 1.82. The zero-order chi connectivity index (χ0) is 24.8. The molecule has 2 aliphatic rings. The van der Waals surface area contributed by atoms with Crippen molar-refractivity contribution >= 4 is 18.0 Å². The Bertz CT molecular complexity index is 1120. The lowest BCUT2D eigenvalue weighted by molar-refractivity contribution is -0.138. The van der Waals surface area contributed by atoms with Crippen molar-refractivity contribution in [1.29, 1.82) is 0 Å². The Morgan fingerprint density at radius 1 is 1.06 bits per heavy atom. The molecule has 0 heterocycles. The van der Waals surface area contributed by atoms with Gasteiger partial charge in [0.15, 0.2) is 0 Å². The molecule has 182 valence electrons. The van der Waals surface area contributed by atoms with Crippen LogP contribution in [0.25, 0.3) is 11.1 Å². The first kappa shape index (κ1) is 24.3. The van der Waals surface area contributed by atoms with Gasteiger partial charge in [0.25, 0.3) is 0 Å². The van der Waals surface area contributed by atoms with Gasteiger partial charge in [0, 0.05) is 18.4 Å². The van der Waals surface area contributed by atoms with Crippen LogP contribution in [0.5, 0.6) is 0 Å². The molecule has 2 aromatic rings. The van der Waals surface area contributed by atoms with Gasteiger partial charge in [-0.25, -0.2) is 4.79 Å². The van der Waals surface area contributed by atoms with Gasteiger partial charge in [-0.05, 0) is 47.9 Å². The standard InChI is InChI=1S/C28H30N2O5/c1-2-3-14-25(27(33)29-24-15-8-9-18(24)16-26(31)32)30-28(34)35-17-23-21-12-6-4-10-19(21)20-11-5-7-13-22(20)23/h4-7,10-13,18,23-25H,8-9,14-17H2,1H3,(H,29,33)(H,30,34)(H,31,32). The second-order valence-corrected chi connectivity index (χ2v) is 9.06. The van der Waals surface area contributed by atoms with Gasteiger partial charge in [-0.2, -0.15) is 0 Å². The quantitative estimate of drug-likeness (QED) is 0.501. The summed E-state index contributed by atoms with van der Waals surface area (Å²) in [6.45, 7) is 1.82. The highest BCUT2D eigenvalue weighted by Gasteiger charge is 2.33. The molecular formula is C28H30N2O5. The highest BCUT2D eigenvalue weighted by atomic mass is 16.5. The number of rotatable bonds is 8. The normalized spacial score (nSPS) is 19.0. The molecule has 0 aliphatic heterocycles. The molecule has 1 fully saturated rings. The Labute approximate surface area is 205 Å². The molecule has 2 aromatic carbocycles. The van der Waals surface area contributed by atoms with Gasteiger partial charge < -0.3 is 20.5 Å². The van der Waals surface area contributed by atoms with Gasteiger partial charge in [-0.1, -0.05) is 55.0 Å². The summed E-state index contributed by atoms with van der Waals surface area (Å²) in [7, 11) is 0. The molecule has 0 aromatic heterocycles. The topological polar surface area (TPSA) is 105 Å². The summed E-state index contributed by atoms with van der Waals surface area (Å²) in [5, 5.41) is 14.7. The van der Waals surface area contributed by atoms with Gasteiger partial charge >= 0.3 is 12.1 Å². The van der Waals surface area contributed by atoms with Crippen LogP contribution >= 0.6 is 0 Å². The predicted molar refractivity (Wildman–Crippen MR) is 132 cm³/mol. The number of fused-ring (bicyclic) bond motifs is 3. The van der Waals surface area contributed by atoms with E-state index in [1.165, 1.54) is 0 Å². The highest BCUT2D eigenvalue weighted by molar-refractivity contribution is 5.86. The number of hydrogen-bond donors (Lipinski definition) is 3. The van der Waals surface area contributed by atoms with E-state index in [2.05, 4.69) is 34.6 Å². The molecule has 0 saturated heterocycles. The zero-order valence-corrected chi connectivity index (χ0v) is 19.8. The number of aliphatic carboxylic acids is 1. The Kier molecular flexibility index (Phi) is 7.71. The van der Waals surface area contributed by atoms with E-state index in [4.69, 9.17) is 9.84 Å². The monoisotopic (exact) mass is 474 g/mol. The molecule has 3 unspecified atom stereocenters. The lowest BCUT2D eigenvalue weighted by Gasteiger charge is -2.23. The summed E-state index contributed by atoms with van der Waals surface area (Å²) < 4.78 is 5.59. The van der Waals surface area contributed by atoms with E-state index >= 15 is 0 Å². The van der Waals surface area contributed by atoms with Crippen molar-refractivity contribution in [2.45, 2.75) is 57.0 Å². The lowest BCUT2D eigenvalue weighted by atomic mass is 9.98. The first-order chi connectivity index (χ1) is 17.0. The number of nitrogens with one attached hydrogen (secondary N) is 2. The Morgan fingerprint density at radius 3 is 2.34 bits per heavy atom. The van der Waals surface area contributed by atoms with Crippen LogP contribution in [0.2, 0.25) is 0 Å². The number of carbonyl (C=O) groups excluding carboxylic acids is 2. The first-order valence-corrected chi connectivity index (χ1v) is 12.0. The molecular weight excluding hydrogens is 444 g/mol. The SMILES string of the molecule is CC#CCC(NC(=O)OCC1c2ccccc2-c2ccccc21)C(=O)NC1CCCC1CC(=O)O. The number of carboxylic acids is 1. The number of carbonyl (C=O) groups is 3.